The number of hydrogen-bond acceptors (Lipinski definition) is 2. The van der Waals surface area contributed by atoms with Crippen LogP contribution in [0, 0.1) is 11.2 Å². The van der Waals surface area contributed by atoms with Gasteiger partial charge in [0.1, 0.15) is 11.6 Å². The van der Waals surface area contributed by atoms with Crippen LogP contribution in [0.2, 0.25) is 0 Å². The van der Waals surface area contributed by atoms with Gasteiger partial charge in [-0.3, -0.25) is 0 Å². The lowest BCUT2D eigenvalue weighted by molar-refractivity contribution is 0.485. The zero-order valence-electron chi connectivity index (χ0n) is 9.09. The predicted molar refractivity (Wildman–Crippen MR) is 59.3 cm³/mol. The average molecular weight is 208 g/mol. The van der Waals surface area contributed by atoms with Crippen LogP contribution >= 0.6 is 0 Å². The van der Waals surface area contributed by atoms with Crippen LogP contribution < -0.4 is 5.32 Å². The summed E-state index contributed by atoms with van der Waals surface area (Å²) in [5.74, 6) is 0.494. The van der Waals surface area contributed by atoms with E-state index in [0.717, 1.165) is 12.4 Å². The number of nitrogens with zero attached hydrogens (tertiary/aromatic N) is 1. The molecule has 1 fully saturated rings. The summed E-state index contributed by atoms with van der Waals surface area (Å²) >= 11 is 0. The maximum absolute atomic E-state index is 12.6. The van der Waals surface area contributed by atoms with Crippen LogP contribution in [0.4, 0.5) is 10.2 Å². The summed E-state index contributed by atoms with van der Waals surface area (Å²) in [5, 5.41) is 3.28. The molecular formula is C12H17FN2. The number of nitrogens with one attached hydrogen (secondary N) is 1. The van der Waals surface area contributed by atoms with E-state index < -0.39 is 0 Å². The highest BCUT2D eigenvalue weighted by atomic mass is 19.1. The van der Waals surface area contributed by atoms with E-state index in [4.69, 9.17) is 0 Å². The average Bonchev–Trinajstić information content (AvgIpc) is 2.99. The molecule has 1 aromatic heterocycles. The first-order valence-corrected chi connectivity index (χ1v) is 5.60. The van der Waals surface area contributed by atoms with Crippen molar-refractivity contribution < 1.29 is 4.39 Å². The van der Waals surface area contributed by atoms with E-state index in [-0.39, 0.29) is 5.82 Å². The Bertz CT molecular complexity index is 317. The molecule has 1 saturated carbocycles. The van der Waals surface area contributed by atoms with Gasteiger partial charge >= 0.3 is 0 Å². The second-order valence-electron chi connectivity index (χ2n) is 4.47. The van der Waals surface area contributed by atoms with Gasteiger partial charge in [0, 0.05) is 6.54 Å². The minimum atomic E-state index is -0.282. The van der Waals surface area contributed by atoms with E-state index in [9.17, 15) is 4.39 Å². The Balaban J connectivity index is 1.85. The lowest BCUT2D eigenvalue weighted by atomic mass is 10.0. The molecule has 82 valence electrons. The molecule has 0 bridgehead atoms. The number of aromatic nitrogens is 1. The molecule has 1 N–H and O–H groups in total. The molecule has 0 spiro atoms. The molecule has 0 atom stereocenters. The van der Waals surface area contributed by atoms with Gasteiger partial charge in [0.15, 0.2) is 0 Å². The maximum atomic E-state index is 12.6. The fourth-order valence-corrected chi connectivity index (χ4v) is 1.98. The molecule has 0 saturated heterocycles. The van der Waals surface area contributed by atoms with Gasteiger partial charge < -0.3 is 5.32 Å². The summed E-state index contributed by atoms with van der Waals surface area (Å²) in [6.07, 6.45) is 6.39. The largest absolute Gasteiger partial charge is 0.370 e. The van der Waals surface area contributed by atoms with Crippen molar-refractivity contribution in [3.8, 4) is 0 Å². The minimum Gasteiger partial charge on any atom is -0.370 e. The molecule has 0 aromatic carbocycles. The number of halogens is 1. The standard InChI is InChI=1S/C12H17FN2/c1-2-5-12(6-7-12)9-15-11-4-3-10(13)8-14-11/h3-4,8H,2,5-7,9H2,1H3,(H,14,15). The van der Waals surface area contributed by atoms with Crippen molar-refractivity contribution in [2.45, 2.75) is 32.6 Å². The van der Waals surface area contributed by atoms with Crippen LogP contribution in [-0.4, -0.2) is 11.5 Å². The van der Waals surface area contributed by atoms with Crippen LogP contribution in [0.1, 0.15) is 32.6 Å². The Morgan fingerprint density at radius 2 is 2.27 bits per heavy atom. The third-order valence-electron chi connectivity index (χ3n) is 3.11. The SMILES string of the molecule is CCCC1(CNc2ccc(F)cn2)CC1. The molecule has 2 nitrogen and oxygen atoms in total. The maximum Gasteiger partial charge on any atom is 0.141 e. The van der Waals surface area contributed by atoms with E-state index >= 15 is 0 Å². The van der Waals surface area contributed by atoms with E-state index in [1.165, 1.54) is 37.9 Å². The molecule has 3 heteroatoms. The van der Waals surface area contributed by atoms with Crippen molar-refractivity contribution >= 4 is 5.82 Å². The fraction of sp³-hybridized carbons (Fsp3) is 0.583. The number of anilines is 1. The highest BCUT2D eigenvalue weighted by molar-refractivity contribution is 5.34. The van der Waals surface area contributed by atoms with Crippen molar-refractivity contribution in [2.75, 3.05) is 11.9 Å². The summed E-state index contributed by atoms with van der Waals surface area (Å²) in [7, 11) is 0. The molecule has 0 unspecified atom stereocenters. The van der Waals surface area contributed by atoms with Gasteiger partial charge in [-0.25, -0.2) is 9.37 Å². The summed E-state index contributed by atoms with van der Waals surface area (Å²) < 4.78 is 12.6. The van der Waals surface area contributed by atoms with Gasteiger partial charge in [0.2, 0.25) is 0 Å². The predicted octanol–water partition coefficient (Wildman–Crippen LogP) is 3.21. The smallest absolute Gasteiger partial charge is 0.141 e. The normalized spacial score (nSPS) is 17.5. The van der Waals surface area contributed by atoms with Gasteiger partial charge in [-0.2, -0.15) is 0 Å². The minimum absolute atomic E-state index is 0.282. The van der Waals surface area contributed by atoms with E-state index in [0.29, 0.717) is 5.41 Å². The van der Waals surface area contributed by atoms with E-state index in [1.807, 2.05) is 0 Å². The molecule has 1 aliphatic carbocycles. The Morgan fingerprint density at radius 3 is 2.80 bits per heavy atom. The van der Waals surface area contributed by atoms with Crippen molar-refractivity contribution in [3.63, 3.8) is 0 Å². The van der Waals surface area contributed by atoms with Gasteiger partial charge in [0.05, 0.1) is 6.20 Å². The molecule has 15 heavy (non-hydrogen) atoms. The molecule has 1 heterocycles. The Hall–Kier alpha value is -1.12. The molecule has 1 aliphatic rings. The monoisotopic (exact) mass is 208 g/mol. The zero-order chi connectivity index (χ0) is 10.7. The summed E-state index contributed by atoms with van der Waals surface area (Å²) in [4.78, 5) is 3.98. The molecule has 1 aromatic rings. The second kappa shape index (κ2) is 4.17. The van der Waals surface area contributed by atoms with Crippen LogP contribution in [0.15, 0.2) is 18.3 Å². The van der Waals surface area contributed by atoms with Gasteiger partial charge in [-0.15, -0.1) is 0 Å². The van der Waals surface area contributed by atoms with Gasteiger partial charge in [-0.1, -0.05) is 13.3 Å². The van der Waals surface area contributed by atoms with Crippen LogP contribution in [-0.2, 0) is 0 Å². The zero-order valence-corrected chi connectivity index (χ0v) is 9.09. The summed E-state index contributed by atoms with van der Waals surface area (Å²) in [6.45, 7) is 3.19. The number of hydrogen-bond donors (Lipinski definition) is 1. The quantitative estimate of drug-likeness (QED) is 0.803. The van der Waals surface area contributed by atoms with E-state index in [1.54, 1.807) is 6.07 Å². The second-order valence-corrected chi connectivity index (χ2v) is 4.47. The van der Waals surface area contributed by atoms with Gasteiger partial charge in [0.25, 0.3) is 0 Å². The lowest BCUT2D eigenvalue weighted by Crippen LogP contribution is -2.15. The molecule has 0 amide bonds. The first kappa shape index (κ1) is 10.4. The third kappa shape index (κ3) is 2.67. The first-order chi connectivity index (χ1) is 7.24. The molecule has 0 radical (unpaired) electrons. The van der Waals surface area contributed by atoms with Crippen molar-refractivity contribution in [1.29, 1.82) is 0 Å². The van der Waals surface area contributed by atoms with Crippen LogP contribution in [0.3, 0.4) is 0 Å². The Kier molecular flexibility index (Phi) is 2.89. The number of rotatable bonds is 5. The van der Waals surface area contributed by atoms with E-state index in [2.05, 4.69) is 17.2 Å². The summed E-state index contributed by atoms with van der Waals surface area (Å²) in [5.41, 5.74) is 0.505. The Morgan fingerprint density at radius 1 is 1.47 bits per heavy atom. The number of pyridine rings is 1. The molecule has 0 aliphatic heterocycles. The van der Waals surface area contributed by atoms with Crippen LogP contribution in [0.5, 0.6) is 0 Å². The van der Waals surface area contributed by atoms with Crippen molar-refractivity contribution in [3.05, 3.63) is 24.1 Å². The highest BCUT2D eigenvalue weighted by Gasteiger charge is 2.41. The lowest BCUT2D eigenvalue weighted by Gasteiger charge is -2.15. The molecule has 2 rings (SSSR count). The third-order valence-corrected chi connectivity index (χ3v) is 3.11. The topological polar surface area (TPSA) is 24.9 Å². The fourth-order valence-electron chi connectivity index (χ4n) is 1.98. The Labute approximate surface area is 89.9 Å². The summed E-state index contributed by atoms with van der Waals surface area (Å²) in [6, 6.07) is 3.13. The first-order valence-electron chi connectivity index (χ1n) is 5.60. The van der Waals surface area contributed by atoms with Crippen LogP contribution in [0.25, 0.3) is 0 Å². The van der Waals surface area contributed by atoms with Crippen molar-refractivity contribution in [1.82, 2.24) is 4.98 Å². The van der Waals surface area contributed by atoms with Gasteiger partial charge in [-0.05, 0) is 36.8 Å². The molecular weight excluding hydrogens is 191 g/mol. The van der Waals surface area contributed by atoms with Crippen molar-refractivity contribution in [2.24, 2.45) is 5.41 Å². The highest BCUT2D eigenvalue weighted by Crippen LogP contribution is 2.49.